The number of ether oxygens (including phenoxy) is 2. The predicted molar refractivity (Wildman–Crippen MR) is 122 cm³/mol. The summed E-state index contributed by atoms with van der Waals surface area (Å²) in [5.74, 6) is -1.80. The monoisotopic (exact) mass is 474 g/mol. The van der Waals surface area contributed by atoms with Crippen molar-refractivity contribution in [1.82, 2.24) is 10.2 Å². The van der Waals surface area contributed by atoms with E-state index in [-0.39, 0.29) is 23.2 Å². The minimum Gasteiger partial charge on any atom is -0.464 e. The number of hydrogen-bond donors (Lipinski definition) is 4. The van der Waals surface area contributed by atoms with Crippen molar-refractivity contribution < 1.29 is 39.5 Å². The number of nitrogens with zero attached hydrogens (tertiary/aromatic N) is 2. The van der Waals surface area contributed by atoms with Gasteiger partial charge >= 0.3 is 11.9 Å². The third-order valence-electron chi connectivity index (χ3n) is 5.26. The van der Waals surface area contributed by atoms with Crippen molar-refractivity contribution in [2.24, 2.45) is 0 Å². The Morgan fingerprint density at radius 2 is 1.53 bits per heavy atom. The normalized spacial score (nSPS) is 14.9. The molecule has 1 aromatic heterocycles. The van der Waals surface area contributed by atoms with E-state index in [1.165, 1.54) is 6.08 Å². The van der Waals surface area contributed by atoms with E-state index in [0.29, 0.717) is 12.8 Å². The zero-order valence-corrected chi connectivity index (χ0v) is 19.3. The molecule has 34 heavy (non-hydrogen) atoms. The van der Waals surface area contributed by atoms with Crippen LogP contribution in [0.5, 0.6) is 0 Å². The lowest BCUT2D eigenvalue weighted by atomic mass is 9.89. The summed E-state index contributed by atoms with van der Waals surface area (Å²) in [7, 11) is 2.25. The number of aliphatic hydroxyl groups excluding tert-OH is 4. The van der Waals surface area contributed by atoms with Gasteiger partial charge in [0.15, 0.2) is 11.4 Å². The molecule has 0 saturated heterocycles. The van der Waals surface area contributed by atoms with Crippen molar-refractivity contribution >= 4 is 18.0 Å². The van der Waals surface area contributed by atoms with Crippen molar-refractivity contribution in [2.45, 2.75) is 50.6 Å². The number of hydrogen-bond acceptors (Lipinski definition) is 10. The van der Waals surface area contributed by atoms with Crippen LogP contribution < -0.4 is 0 Å². The number of esters is 2. The van der Waals surface area contributed by atoms with E-state index in [2.05, 4.69) is 10.2 Å². The van der Waals surface area contributed by atoms with E-state index in [4.69, 9.17) is 9.47 Å². The molecule has 2 rings (SSSR count). The Hall–Kier alpha value is -3.18. The molecule has 1 heterocycles. The van der Waals surface area contributed by atoms with Gasteiger partial charge in [0.25, 0.3) is 0 Å². The van der Waals surface area contributed by atoms with Gasteiger partial charge in [0, 0.05) is 5.56 Å². The van der Waals surface area contributed by atoms with Crippen molar-refractivity contribution in [3.05, 3.63) is 64.5 Å². The van der Waals surface area contributed by atoms with Crippen molar-refractivity contribution in [3.63, 3.8) is 0 Å². The number of carbonyl (C=O) groups excluding carboxylic acids is 2. The molecule has 4 atom stereocenters. The van der Waals surface area contributed by atoms with Gasteiger partial charge in [-0.2, -0.15) is 0 Å². The Kier molecular flexibility index (Phi) is 10.3. The first kappa shape index (κ1) is 27.1. The molecular weight excluding hydrogens is 444 g/mol. The van der Waals surface area contributed by atoms with E-state index in [1.54, 1.807) is 30.3 Å². The Labute approximate surface area is 197 Å². The molecule has 0 aliphatic heterocycles. The van der Waals surface area contributed by atoms with E-state index in [1.807, 2.05) is 13.0 Å². The summed E-state index contributed by atoms with van der Waals surface area (Å²) >= 11 is 0. The van der Waals surface area contributed by atoms with E-state index < -0.39 is 42.0 Å². The summed E-state index contributed by atoms with van der Waals surface area (Å²) in [5, 5.41) is 50.1. The first-order valence-corrected chi connectivity index (χ1v) is 10.8. The molecule has 4 N–H and O–H groups in total. The highest BCUT2D eigenvalue weighted by atomic mass is 16.5. The van der Waals surface area contributed by atoms with Crippen LogP contribution >= 0.6 is 0 Å². The summed E-state index contributed by atoms with van der Waals surface area (Å²) in [6.45, 7) is 1.90. The number of benzene rings is 1. The van der Waals surface area contributed by atoms with Crippen molar-refractivity contribution in [3.8, 4) is 0 Å². The molecule has 0 spiro atoms. The minimum absolute atomic E-state index is 0.136. The fraction of sp³-hybridized carbons (Fsp3) is 0.417. The minimum atomic E-state index is -1.95. The van der Waals surface area contributed by atoms with Crippen molar-refractivity contribution in [2.75, 3.05) is 14.2 Å². The predicted octanol–water partition coefficient (Wildman–Crippen LogP) is 1.22. The first-order chi connectivity index (χ1) is 16.3. The lowest BCUT2D eigenvalue weighted by Gasteiger charge is -2.27. The van der Waals surface area contributed by atoms with Crippen LogP contribution in [0.2, 0.25) is 0 Å². The van der Waals surface area contributed by atoms with Crippen LogP contribution in [0.25, 0.3) is 6.08 Å². The van der Waals surface area contributed by atoms with Gasteiger partial charge in [-0.3, -0.25) is 0 Å². The summed E-state index contributed by atoms with van der Waals surface area (Å²) in [4.78, 5) is 24.6. The van der Waals surface area contributed by atoms with Crippen LogP contribution in [0.3, 0.4) is 0 Å². The average Bonchev–Trinajstić information content (AvgIpc) is 2.88. The Morgan fingerprint density at radius 1 is 0.941 bits per heavy atom. The molecule has 2 aromatic rings. The molecule has 0 aliphatic rings. The van der Waals surface area contributed by atoms with Crippen LogP contribution in [0, 0.1) is 0 Å². The largest absolute Gasteiger partial charge is 0.464 e. The number of methoxy groups -OCH3 is 2. The molecule has 0 fully saturated rings. The highest BCUT2D eigenvalue weighted by Gasteiger charge is 2.36. The highest BCUT2D eigenvalue weighted by molar-refractivity contribution is 5.93. The fourth-order valence-corrected chi connectivity index (χ4v) is 3.37. The van der Waals surface area contributed by atoms with Crippen LogP contribution in [0.1, 0.15) is 63.5 Å². The SMILES string of the molecule is CCCCc1c(C(=O)OC)nnc(C(=O)OC)c1C(O)C(O)C(O)C(O)C=Cc1ccccc1. The molecule has 10 heteroatoms. The number of rotatable bonds is 11. The molecule has 0 bridgehead atoms. The summed E-state index contributed by atoms with van der Waals surface area (Å²) < 4.78 is 9.45. The third-order valence-corrected chi connectivity index (χ3v) is 5.26. The standard InChI is InChI=1S/C24H30N2O8/c1-4-5-11-15-17(19(24(32)34-3)26-25-18(15)23(31)33-2)21(29)22(30)20(28)16(27)13-12-14-9-7-6-8-10-14/h6-10,12-13,16,20-22,27-30H,4-5,11H2,1-3H3. The molecule has 0 amide bonds. The van der Waals surface area contributed by atoms with Gasteiger partial charge in [0.05, 0.1) is 14.2 Å². The quantitative estimate of drug-likeness (QED) is 0.349. The van der Waals surface area contributed by atoms with Gasteiger partial charge in [0.1, 0.15) is 24.4 Å². The maximum Gasteiger partial charge on any atom is 0.358 e. The van der Waals surface area contributed by atoms with Gasteiger partial charge in [-0.15, -0.1) is 10.2 Å². The van der Waals surface area contributed by atoms with E-state index >= 15 is 0 Å². The zero-order chi connectivity index (χ0) is 25.3. The van der Waals surface area contributed by atoms with E-state index in [0.717, 1.165) is 19.8 Å². The van der Waals surface area contributed by atoms with Crippen molar-refractivity contribution in [1.29, 1.82) is 0 Å². The lowest BCUT2D eigenvalue weighted by Crippen LogP contribution is -2.41. The molecule has 4 unspecified atom stereocenters. The maximum atomic E-state index is 12.3. The van der Waals surface area contributed by atoms with Crippen LogP contribution in [0.15, 0.2) is 36.4 Å². The number of unbranched alkanes of at least 4 members (excludes halogenated alkanes) is 1. The zero-order valence-electron chi connectivity index (χ0n) is 19.3. The summed E-state index contributed by atoms with van der Waals surface area (Å²) in [5.41, 5.74) is 0.0107. The average molecular weight is 475 g/mol. The second kappa shape index (κ2) is 12.9. The van der Waals surface area contributed by atoms with Crippen LogP contribution in [-0.4, -0.2) is 75.1 Å². The van der Waals surface area contributed by atoms with Gasteiger partial charge in [-0.1, -0.05) is 55.8 Å². The fourth-order valence-electron chi connectivity index (χ4n) is 3.37. The van der Waals surface area contributed by atoms with Crippen LogP contribution in [-0.2, 0) is 15.9 Å². The number of aliphatic hydroxyl groups is 4. The highest BCUT2D eigenvalue weighted by Crippen LogP contribution is 2.30. The summed E-state index contributed by atoms with van der Waals surface area (Å²) in [6, 6.07) is 8.97. The molecule has 0 aliphatic carbocycles. The van der Waals surface area contributed by atoms with E-state index in [9.17, 15) is 30.0 Å². The molecular formula is C24H30N2O8. The third kappa shape index (κ3) is 6.45. The molecule has 0 radical (unpaired) electrons. The van der Waals surface area contributed by atoms with Crippen LogP contribution in [0.4, 0.5) is 0 Å². The first-order valence-electron chi connectivity index (χ1n) is 10.8. The molecule has 1 aromatic carbocycles. The molecule has 0 saturated carbocycles. The smallest absolute Gasteiger partial charge is 0.358 e. The number of carbonyl (C=O) groups is 2. The summed E-state index contributed by atoms with van der Waals surface area (Å²) in [6.07, 6.45) is -2.98. The topological polar surface area (TPSA) is 159 Å². The number of aromatic nitrogens is 2. The molecule has 10 nitrogen and oxygen atoms in total. The Morgan fingerprint density at radius 3 is 2.12 bits per heavy atom. The van der Waals surface area contributed by atoms with Gasteiger partial charge in [-0.25, -0.2) is 9.59 Å². The second-order valence-corrected chi connectivity index (χ2v) is 7.56. The Bertz CT molecular complexity index is 996. The van der Waals surface area contributed by atoms with Gasteiger partial charge in [0.2, 0.25) is 0 Å². The maximum absolute atomic E-state index is 12.3. The Balaban J connectivity index is 2.47. The molecule has 184 valence electrons. The lowest BCUT2D eigenvalue weighted by molar-refractivity contribution is -0.0948. The van der Waals surface area contributed by atoms with Gasteiger partial charge in [-0.05, 0) is 24.0 Å². The van der Waals surface area contributed by atoms with Gasteiger partial charge < -0.3 is 29.9 Å². The second-order valence-electron chi connectivity index (χ2n) is 7.56.